The molecule has 1 amide bonds. The van der Waals surface area contributed by atoms with Gasteiger partial charge in [-0.25, -0.2) is 9.78 Å². The molecule has 1 aromatic carbocycles. The van der Waals surface area contributed by atoms with Crippen molar-refractivity contribution in [3.63, 3.8) is 0 Å². The summed E-state index contributed by atoms with van der Waals surface area (Å²) in [7, 11) is 0. The lowest BCUT2D eigenvalue weighted by Gasteiger charge is -2.04. The number of aromatic nitrogens is 2. The Hall–Kier alpha value is -2.73. The van der Waals surface area contributed by atoms with Crippen LogP contribution in [0.15, 0.2) is 60.2 Å². The Balaban J connectivity index is 1.56. The maximum Gasteiger partial charge on any atom is 0.412 e. The van der Waals surface area contributed by atoms with Gasteiger partial charge >= 0.3 is 6.09 Å². The summed E-state index contributed by atoms with van der Waals surface area (Å²) in [6, 6.07) is 12.7. The number of ether oxygens (including phenoxy) is 1. The van der Waals surface area contributed by atoms with Crippen LogP contribution in [0, 0.1) is 0 Å². The van der Waals surface area contributed by atoms with Gasteiger partial charge in [0.05, 0.1) is 12.2 Å². The summed E-state index contributed by atoms with van der Waals surface area (Å²) in [5.41, 5.74) is 1.81. The number of hydrogen-bond acceptors (Lipinski definition) is 5. The first-order valence-corrected chi connectivity index (χ1v) is 7.55. The Morgan fingerprint density at radius 1 is 1.14 bits per heavy atom. The number of para-hydroxylation sites is 1. The van der Waals surface area contributed by atoms with Crippen molar-refractivity contribution in [3.05, 3.63) is 65.9 Å². The fourth-order valence-corrected chi connectivity index (χ4v) is 2.64. The average molecular weight is 311 g/mol. The molecule has 3 rings (SSSR count). The minimum Gasteiger partial charge on any atom is -0.410 e. The van der Waals surface area contributed by atoms with Gasteiger partial charge in [0.25, 0.3) is 0 Å². The van der Waals surface area contributed by atoms with Gasteiger partial charge in [0.15, 0.2) is 0 Å². The minimum absolute atomic E-state index is 0.327. The number of pyridine rings is 1. The van der Waals surface area contributed by atoms with Crippen LogP contribution < -0.4 is 10.1 Å². The molecule has 0 saturated heterocycles. The lowest BCUT2D eigenvalue weighted by molar-refractivity contribution is 0.200. The van der Waals surface area contributed by atoms with Crippen molar-refractivity contribution in [2.45, 2.75) is 6.54 Å². The first kappa shape index (κ1) is 14.2. The predicted molar refractivity (Wildman–Crippen MR) is 84.7 cm³/mol. The third-order valence-corrected chi connectivity index (χ3v) is 3.79. The molecule has 0 aliphatic rings. The number of thiazole rings is 1. The molecule has 2 heterocycles. The molecule has 0 atom stereocenters. The molecule has 0 unspecified atom stereocenters. The van der Waals surface area contributed by atoms with Crippen LogP contribution >= 0.6 is 11.3 Å². The van der Waals surface area contributed by atoms with Crippen LogP contribution in [0.3, 0.4) is 0 Å². The Kier molecular flexibility index (Phi) is 4.41. The van der Waals surface area contributed by atoms with Gasteiger partial charge < -0.3 is 10.1 Å². The van der Waals surface area contributed by atoms with Gasteiger partial charge in [-0.2, -0.15) is 0 Å². The molecule has 0 bridgehead atoms. The highest BCUT2D eigenvalue weighted by molar-refractivity contribution is 7.13. The lowest BCUT2D eigenvalue weighted by Crippen LogP contribution is -2.26. The van der Waals surface area contributed by atoms with Crippen LogP contribution in [0.25, 0.3) is 10.6 Å². The van der Waals surface area contributed by atoms with E-state index < -0.39 is 6.09 Å². The van der Waals surface area contributed by atoms with Gasteiger partial charge in [-0.1, -0.05) is 18.2 Å². The maximum absolute atomic E-state index is 11.7. The van der Waals surface area contributed by atoms with E-state index in [1.165, 1.54) is 11.3 Å². The molecule has 0 radical (unpaired) electrons. The van der Waals surface area contributed by atoms with Crippen LogP contribution in [-0.2, 0) is 6.54 Å². The minimum atomic E-state index is -0.496. The largest absolute Gasteiger partial charge is 0.412 e. The highest BCUT2D eigenvalue weighted by atomic mass is 32.1. The second kappa shape index (κ2) is 6.82. The maximum atomic E-state index is 11.7. The van der Waals surface area contributed by atoms with Gasteiger partial charge in [0.1, 0.15) is 10.8 Å². The lowest BCUT2D eigenvalue weighted by atomic mass is 10.3. The van der Waals surface area contributed by atoms with E-state index in [1.54, 1.807) is 24.5 Å². The van der Waals surface area contributed by atoms with E-state index in [0.29, 0.717) is 12.3 Å². The fourth-order valence-electron chi connectivity index (χ4n) is 1.81. The molecular formula is C16H13N3O2S. The molecule has 0 spiro atoms. The quantitative estimate of drug-likeness (QED) is 0.801. The van der Waals surface area contributed by atoms with E-state index in [9.17, 15) is 4.79 Å². The number of nitrogens with zero attached hydrogens (tertiary/aromatic N) is 2. The van der Waals surface area contributed by atoms with Gasteiger partial charge in [0, 0.05) is 23.3 Å². The molecule has 5 nitrogen and oxygen atoms in total. The topological polar surface area (TPSA) is 64.1 Å². The molecule has 2 aromatic heterocycles. The molecule has 3 aromatic rings. The molecular weight excluding hydrogens is 298 g/mol. The van der Waals surface area contributed by atoms with E-state index in [4.69, 9.17) is 4.74 Å². The summed E-state index contributed by atoms with van der Waals surface area (Å²) >= 11 is 1.53. The van der Waals surface area contributed by atoms with Crippen LogP contribution in [0.4, 0.5) is 4.79 Å². The number of amides is 1. The Bertz CT molecular complexity index is 744. The number of carbonyl (C=O) groups is 1. The third kappa shape index (κ3) is 3.67. The second-order valence-corrected chi connectivity index (χ2v) is 5.29. The van der Waals surface area contributed by atoms with Crippen molar-refractivity contribution in [1.29, 1.82) is 0 Å². The van der Waals surface area contributed by atoms with Crippen LogP contribution in [0.2, 0.25) is 0 Å². The Morgan fingerprint density at radius 2 is 1.91 bits per heavy atom. The molecule has 0 fully saturated rings. The molecule has 110 valence electrons. The zero-order valence-electron chi connectivity index (χ0n) is 11.6. The van der Waals surface area contributed by atoms with E-state index in [-0.39, 0.29) is 0 Å². The molecule has 22 heavy (non-hydrogen) atoms. The number of nitrogens with one attached hydrogen (secondary N) is 1. The van der Waals surface area contributed by atoms with Gasteiger partial charge in [0.2, 0.25) is 0 Å². The second-order valence-electron chi connectivity index (χ2n) is 4.44. The molecule has 6 heteroatoms. The first-order chi connectivity index (χ1) is 10.8. The monoisotopic (exact) mass is 311 g/mol. The molecule has 0 aliphatic carbocycles. The van der Waals surface area contributed by atoms with E-state index in [0.717, 1.165) is 16.3 Å². The number of hydrogen-bond donors (Lipinski definition) is 1. The van der Waals surface area contributed by atoms with Crippen molar-refractivity contribution in [2.24, 2.45) is 0 Å². The molecule has 0 aliphatic heterocycles. The fraction of sp³-hybridized carbons (Fsp3) is 0.0625. The first-order valence-electron chi connectivity index (χ1n) is 6.67. The summed E-state index contributed by atoms with van der Waals surface area (Å²) in [5.74, 6) is 0.510. The van der Waals surface area contributed by atoms with Gasteiger partial charge in [-0.3, -0.25) is 4.98 Å². The van der Waals surface area contributed by atoms with E-state index >= 15 is 0 Å². The van der Waals surface area contributed by atoms with E-state index in [2.05, 4.69) is 15.3 Å². The smallest absolute Gasteiger partial charge is 0.410 e. The van der Waals surface area contributed by atoms with Crippen molar-refractivity contribution >= 4 is 17.4 Å². The van der Waals surface area contributed by atoms with Crippen molar-refractivity contribution in [1.82, 2.24) is 15.3 Å². The third-order valence-electron chi connectivity index (χ3n) is 2.85. The normalized spacial score (nSPS) is 10.2. The summed E-state index contributed by atoms with van der Waals surface area (Å²) < 4.78 is 5.14. The van der Waals surface area contributed by atoms with Gasteiger partial charge in [-0.15, -0.1) is 11.3 Å². The Morgan fingerprint density at radius 3 is 2.68 bits per heavy atom. The zero-order chi connectivity index (χ0) is 15.2. The SMILES string of the molecule is O=C(NCc1csc(-c2ccncc2)n1)Oc1ccccc1. The highest BCUT2D eigenvalue weighted by Gasteiger charge is 2.07. The zero-order valence-corrected chi connectivity index (χ0v) is 12.4. The summed E-state index contributed by atoms with van der Waals surface area (Å²) in [6.45, 7) is 0.327. The van der Waals surface area contributed by atoms with Gasteiger partial charge in [-0.05, 0) is 24.3 Å². The summed E-state index contributed by atoms with van der Waals surface area (Å²) in [6.07, 6.45) is 2.96. The Labute approximate surface area is 131 Å². The van der Waals surface area contributed by atoms with Crippen LogP contribution in [0.1, 0.15) is 5.69 Å². The summed E-state index contributed by atoms with van der Waals surface area (Å²) in [5, 5.41) is 5.50. The van der Waals surface area contributed by atoms with Crippen molar-refractivity contribution < 1.29 is 9.53 Å². The number of rotatable bonds is 4. The van der Waals surface area contributed by atoms with E-state index in [1.807, 2.05) is 35.7 Å². The number of benzene rings is 1. The summed E-state index contributed by atoms with van der Waals surface area (Å²) in [4.78, 5) is 20.2. The van der Waals surface area contributed by atoms with Crippen molar-refractivity contribution in [3.8, 4) is 16.3 Å². The van der Waals surface area contributed by atoms with Crippen LogP contribution in [-0.4, -0.2) is 16.1 Å². The van der Waals surface area contributed by atoms with Crippen LogP contribution in [0.5, 0.6) is 5.75 Å². The number of carbonyl (C=O) groups excluding carboxylic acids is 1. The average Bonchev–Trinajstić information content (AvgIpc) is 3.04. The predicted octanol–water partition coefficient (Wildman–Crippen LogP) is 3.49. The standard InChI is InChI=1S/C16H13N3O2S/c20-16(21-14-4-2-1-3-5-14)18-10-13-11-22-15(19-13)12-6-8-17-9-7-12/h1-9,11H,10H2,(H,18,20). The molecule has 1 N–H and O–H groups in total. The molecule has 0 saturated carbocycles. The highest BCUT2D eigenvalue weighted by Crippen LogP contribution is 2.22. The van der Waals surface area contributed by atoms with Crippen molar-refractivity contribution in [2.75, 3.05) is 0 Å².